The molecule has 0 saturated heterocycles. The molecule has 0 aliphatic rings. The molecule has 0 saturated carbocycles. The molecule has 0 radical (unpaired) electrons. The van der Waals surface area contributed by atoms with Crippen LogP contribution in [0.3, 0.4) is 0 Å². The summed E-state index contributed by atoms with van der Waals surface area (Å²) < 4.78 is 5.32. The van der Waals surface area contributed by atoms with Gasteiger partial charge in [-0.15, -0.1) is 0 Å². The lowest BCUT2D eigenvalue weighted by molar-refractivity contribution is 0.347. The van der Waals surface area contributed by atoms with E-state index in [0.717, 1.165) is 24.4 Å². The highest BCUT2D eigenvalue weighted by atomic mass is 16.5. The van der Waals surface area contributed by atoms with Gasteiger partial charge in [-0.2, -0.15) is 0 Å². The zero-order valence-corrected chi connectivity index (χ0v) is 10.7. The number of nitrogens with one attached hydrogen (secondary N) is 1. The minimum Gasteiger partial charge on any atom is -0.481 e. The molecular weight excluding hydrogens is 200 g/mol. The minimum absolute atomic E-state index is 0.318. The van der Waals surface area contributed by atoms with Crippen LogP contribution in [0.25, 0.3) is 0 Å². The van der Waals surface area contributed by atoms with Crippen LogP contribution in [-0.4, -0.2) is 18.6 Å². The first kappa shape index (κ1) is 13.0. The normalized spacial score (nSPS) is 14.5. The third-order valence-corrected chi connectivity index (χ3v) is 2.97. The summed E-state index contributed by atoms with van der Waals surface area (Å²) in [6, 6.07) is 4.37. The molecule has 16 heavy (non-hydrogen) atoms. The number of aromatic nitrogens is 1. The summed E-state index contributed by atoms with van der Waals surface area (Å²) in [5, 5.41) is 3.50. The van der Waals surface area contributed by atoms with Crippen LogP contribution in [0.1, 0.15) is 38.8 Å². The van der Waals surface area contributed by atoms with Crippen molar-refractivity contribution < 1.29 is 4.74 Å². The largest absolute Gasteiger partial charge is 0.481 e. The Morgan fingerprint density at radius 3 is 2.75 bits per heavy atom. The second kappa shape index (κ2) is 6.48. The van der Waals surface area contributed by atoms with Gasteiger partial charge in [0.05, 0.1) is 7.11 Å². The van der Waals surface area contributed by atoms with Crippen molar-refractivity contribution in [2.45, 2.75) is 33.2 Å². The Kier molecular flexibility index (Phi) is 5.26. The fourth-order valence-electron chi connectivity index (χ4n) is 1.88. The third kappa shape index (κ3) is 2.95. The molecule has 0 spiro atoms. The summed E-state index contributed by atoms with van der Waals surface area (Å²) in [6.45, 7) is 7.53. The number of ether oxygens (including phenoxy) is 1. The SMILES string of the molecule is CCNC(c1cccnc1OC)C(C)CC. The van der Waals surface area contributed by atoms with Gasteiger partial charge in [-0.05, 0) is 18.5 Å². The van der Waals surface area contributed by atoms with E-state index in [-0.39, 0.29) is 0 Å². The van der Waals surface area contributed by atoms with E-state index in [2.05, 4.69) is 37.1 Å². The van der Waals surface area contributed by atoms with Crippen LogP contribution in [0.5, 0.6) is 5.88 Å². The molecule has 0 bridgehead atoms. The van der Waals surface area contributed by atoms with Crippen LogP contribution in [0, 0.1) is 5.92 Å². The monoisotopic (exact) mass is 222 g/mol. The first-order valence-corrected chi connectivity index (χ1v) is 5.96. The van der Waals surface area contributed by atoms with Gasteiger partial charge in [-0.1, -0.05) is 33.3 Å². The Bertz CT molecular complexity index is 315. The Labute approximate surface area is 98.2 Å². The Balaban J connectivity index is 2.99. The van der Waals surface area contributed by atoms with Crippen molar-refractivity contribution in [2.75, 3.05) is 13.7 Å². The van der Waals surface area contributed by atoms with Gasteiger partial charge in [0.1, 0.15) is 0 Å². The lowest BCUT2D eigenvalue weighted by atomic mass is 9.93. The Hall–Kier alpha value is -1.09. The standard InChI is InChI=1S/C13H22N2O/c1-5-10(3)12(14-6-2)11-8-7-9-15-13(11)16-4/h7-10,12,14H,5-6H2,1-4H3. The number of pyridine rings is 1. The van der Waals surface area contributed by atoms with Crippen molar-refractivity contribution >= 4 is 0 Å². The number of hydrogen-bond acceptors (Lipinski definition) is 3. The highest BCUT2D eigenvalue weighted by Crippen LogP contribution is 2.29. The van der Waals surface area contributed by atoms with E-state index >= 15 is 0 Å². The molecule has 2 unspecified atom stereocenters. The van der Waals surface area contributed by atoms with E-state index in [4.69, 9.17) is 4.74 Å². The molecule has 2 atom stereocenters. The highest BCUT2D eigenvalue weighted by molar-refractivity contribution is 5.29. The quantitative estimate of drug-likeness (QED) is 0.803. The van der Waals surface area contributed by atoms with Crippen molar-refractivity contribution in [3.63, 3.8) is 0 Å². The predicted molar refractivity (Wildman–Crippen MR) is 66.7 cm³/mol. The summed E-state index contributed by atoms with van der Waals surface area (Å²) in [5.74, 6) is 1.30. The van der Waals surface area contributed by atoms with Gasteiger partial charge in [0.15, 0.2) is 0 Å². The van der Waals surface area contributed by atoms with Gasteiger partial charge >= 0.3 is 0 Å². The molecule has 0 aromatic carbocycles. The first-order valence-electron chi connectivity index (χ1n) is 5.96. The van der Waals surface area contributed by atoms with Gasteiger partial charge in [0.2, 0.25) is 5.88 Å². The van der Waals surface area contributed by atoms with Crippen molar-refractivity contribution in [3.05, 3.63) is 23.9 Å². The van der Waals surface area contributed by atoms with E-state index in [1.807, 2.05) is 6.07 Å². The van der Waals surface area contributed by atoms with Crippen LogP contribution in [0.4, 0.5) is 0 Å². The third-order valence-electron chi connectivity index (χ3n) is 2.97. The zero-order valence-electron chi connectivity index (χ0n) is 10.7. The Morgan fingerprint density at radius 2 is 2.19 bits per heavy atom. The summed E-state index contributed by atoms with van der Waals surface area (Å²) in [6.07, 6.45) is 2.90. The van der Waals surface area contributed by atoms with Crippen molar-refractivity contribution in [1.29, 1.82) is 0 Å². The zero-order chi connectivity index (χ0) is 12.0. The molecule has 0 aliphatic heterocycles. The number of methoxy groups -OCH3 is 1. The molecule has 1 N–H and O–H groups in total. The van der Waals surface area contributed by atoms with Crippen molar-refractivity contribution in [2.24, 2.45) is 5.92 Å². The maximum absolute atomic E-state index is 5.32. The molecule has 3 heteroatoms. The lowest BCUT2D eigenvalue weighted by Crippen LogP contribution is -2.27. The fourth-order valence-corrected chi connectivity index (χ4v) is 1.88. The number of nitrogens with zero attached hydrogens (tertiary/aromatic N) is 1. The van der Waals surface area contributed by atoms with Gasteiger partial charge in [-0.25, -0.2) is 4.98 Å². The van der Waals surface area contributed by atoms with Crippen LogP contribution >= 0.6 is 0 Å². The van der Waals surface area contributed by atoms with Gasteiger partial charge in [0.25, 0.3) is 0 Å². The molecule has 0 aliphatic carbocycles. The fraction of sp³-hybridized carbons (Fsp3) is 0.615. The van der Waals surface area contributed by atoms with E-state index in [1.165, 1.54) is 0 Å². The van der Waals surface area contributed by atoms with E-state index in [9.17, 15) is 0 Å². The molecule has 0 amide bonds. The smallest absolute Gasteiger partial charge is 0.217 e. The molecule has 1 rings (SSSR count). The molecule has 90 valence electrons. The summed E-state index contributed by atoms with van der Waals surface area (Å²) in [7, 11) is 1.67. The van der Waals surface area contributed by atoms with Gasteiger partial charge < -0.3 is 10.1 Å². The van der Waals surface area contributed by atoms with Crippen LogP contribution in [0.2, 0.25) is 0 Å². The van der Waals surface area contributed by atoms with E-state index in [0.29, 0.717) is 12.0 Å². The van der Waals surface area contributed by atoms with Crippen molar-refractivity contribution in [1.82, 2.24) is 10.3 Å². The highest BCUT2D eigenvalue weighted by Gasteiger charge is 2.20. The first-order chi connectivity index (χ1) is 7.74. The van der Waals surface area contributed by atoms with Gasteiger partial charge in [0, 0.05) is 17.8 Å². The minimum atomic E-state index is 0.318. The molecule has 1 heterocycles. The second-order valence-electron chi connectivity index (χ2n) is 4.02. The molecule has 0 fully saturated rings. The average Bonchev–Trinajstić information content (AvgIpc) is 2.35. The van der Waals surface area contributed by atoms with E-state index in [1.54, 1.807) is 13.3 Å². The van der Waals surface area contributed by atoms with Crippen LogP contribution in [0.15, 0.2) is 18.3 Å². The second-order valence-corrected chi connectivity index (χ2v) is 4.02. The number of rotatable bonds is 6. The molecule has 1 aromatic heterocycles. The van der Waals surface area contributed by atoms with Crippen LogP contribution in [-0.2, 0) is 0 Å². The average molecular weight is 222 g/mol. The maximum Gasteiger partial charge on any atom is 0.217 e. The Morgan fingerprint density at radius 1 is 1.44 bits per heavy atom. The number of hydrogen-bond donors (Lipinski definition) is 1. The van der Waals surface area contributed by atoms with Crippen LogP contribution < -0.4 is 10.1 Å². The summed E-state index contributed by atoms with van der Waals surface area (Å²) >= 11 is 0. The van der Waals surface area contributed by atoms with Gasteiger partial charge in [-0.3, -0.25) is 0 Å². The predicted octanol–water partition coefficient (Wildman–Crippen LogP) is 2.79. The molecular formula is C13H22N2O. The topological polar surface area (TPSA) is 34.2 Å². The van der Waals surface area contributed by atoms with E-state index < -0.39 is 0 Å². The summed E-state index contributed by atoms with van der Waals surface area (Å²) in [4.78, 5) is 4.25. The molecule has 3 nitrogen and oxygen atoms in total. The maximum atomic E-state index is 5.32. The lowest BCUT2D eigenvalue weighted by Gasteiger charge is -2.25. The van der Waals surface area contributed by atoms with Crippen molar-refractivity contribution in [3.8, 4) is 5.88 Å². The molecule has 1 aromatic rings. The summed E-state index contributed by atoms with van der Waals surface area (Å²) in [5.41, 5.74) is 1.15.